The molecule has 1 fully saturated rings. The Hall–Kier alpha value is -1.49. The third-order valence-corrected chi connectivity index (χ3v) is 3.25. The van der Waals surface area contributed by atoms with Gasteiger partial charge in [0.1, 0.15) is 17.7 Å². The average Bonchev–Trinajstić information content (AvgIpc) is 2.33. The number of hydrogen-bond donors (Lipinski definition) is 1. The van der Waals surface area contributed by atoms with Crippen LogP contribution in [0.3, 0.4) is 0 Å². The lowest BCUT2D eigenvalue weighted by atomic mass is 10.0. The smallest absolute Gasteiger partial charge is 0.325 e. The molecule has 0 unspecified atom stereocenters. The molecule has 0 aromatic heterocycles. The third kappa shape index (κ3) is 2.67. The van der Waals surface area contributed by atoms with Gasteiger partial charge in [-0.3, -0.25) is 9.69 Å². The topological polar surface area (TPSA) is 40.5 Å². The molecule has 1 aliphatic rings. The Kier molecular flexibility index (Phi) is 3.91. The number of nitrogens with zero attached hydrogens (tertiary/aromatic N) is 1. The fourth-order valence-corrected chi connectivity index (χ4v) is 2.39. The first kappa shape index (κ1) is 13.0. The molecule has 98 valence electrons. The van der Waals surface area contributed by atoms with Crippen LogP contribution in [-0.2, 0) is 4.79 Å². The summed E-state index contributed by atoms with van der Waals surface area (Å²) in [5.74, 6) is -2.59. The van der Waals surface area contributed by atoms with Crippen molar-refractivity contribution in [2.24, 2.45) is 0 Å². The van der Waals surface area contributed by atoms with Crippen molar-refractivity contribution < 1.29 is 18.7 Å². The molecule has 1 aromatic rings. The summed E-state index contributed by atoms with van der Waals surface area (Å²) in [5, 5.41) is 9.27. The van der Waals surface area contributed by atoms with Gasteiger partial charge in [0, 0.05) is 11.6 Å². The van der Waals surface area contributed by atoms with E-state index in [-0.39, 0.29) is 5.56 Å². The van der Waals surface area contributed by atoms with E-state index >= 15 is 0 Å². The van der Waals surface area contributed by atoms with Gasteiger partial charge in [0.05, 0.1) is 0 Å². The number of aliphatic carboxylic acids is 1. The van der Waals surface area contributed by atoms with Crippen molar-refractivity contribution in [2.45, 2.75) is 25.3 Å². The van der Waals surface area contributed by atoms with Crippen LogP contribution in [0.25, 0.3) is 0 Å². The average molecular weight is 255 g/mol. The van der Waals surface area contributed by atoms with Crippen molar-refractivity contribution in [3.05, 3.63) is 35.4 Å². The molecule has 1 atom stereocenters. The van der Waals surface area contributed by atoms with Gasteiger partial charge in [0.15, 0.2) is 0 Å². The maximum absolute atomic E-state index is 13.7. The number of carboxylic acids is 1. The number of piperidine rings is 1. The molecule has 18 heavy (non-hydrogen) atoms. The lowest BCUT2D eigenvalue weighted by Gasteiger charge is -2.32. The molecule has 0 amide bonds. The van der Waals surface area contributed by atoms with Crippen LogP contribution in [-0.4, -0.2) is 29.1 Å². The SMILES string of the molecule is O=C(O)[C@@H](c1ccc(F)cc1F)N1CCCCC1. The first-order valence-corrected chi connectivity index (χ1v) is 6.01. The maximum atomic E-state index is 13.7. The van der Waals surface area contributed by atoms with Gasteiger partial charge in [0.2, 0.25) is 0 Å². The number of benzene rings is 1. The minimum Gasteiger partial charge on any atom is -0.480 e. The Labute approximate surface area is 104 Å². The summed E-state index contributed by atoms with van der Waals surface area (Å²) in [6.45, 7) is 1.27. The Morgan fingerprint density at radius 3 is 2.44 bits per heavy atom. The molecule has 0 radical (unpaired) electrons. The number of hydrogen-bond acceptors (Lipinski definition) is 2. The summed E-state index contributed by atoms with van der Waals surface area (Å²) in [7, 11) is 0. The van der Waals surface area contributed by atoms with Crippen molar-refractivity contribution in [3.8, 4) is 0 Å². The molecule has 1 aliphatic heterocycles. The van der Waals surface area contributed by atoms with Crippen LogP contribution in [0, 0.1) is 11.6 Å². The predicted molar refractivity (Wildman–Crippen MR) is 62.2 cm³/mol. The van der Waals surface area contributed by atoms with Gasteiger partial charge < -0.3 is 5.11 Å². The van der Waals surface area contributed by atoms with Gasteiger partial charge in [-0.15, -0.1) is 0 Å². The zero-order valence-corrected chi connectivity index (χ0v) is 9.90. The van der Waals surface area contributed by atoms with E-state index in [0.29, 0.717) is 13.1 Å². The second-order valence-corrected chi connectivity index (χ2v) is 4.50. The van der Waals surface area contributed by atoms with E-state index in [4.69, 9.17) is 0 Å². The predicted octanol–water partition coefficient (Wildman–Crippen LogP) is 2.58. The van der Waals surface area contributed by atoms with Crippen molar-refractivity contribution in [1.82, 2.24) is 4.90 Å². The largest absolute Gasteiger partial charge is 0.480 e. The number of halogens is 2. The van der Waals surface area contributed by atoms with Crippen LogP contribution in [0.2, 0.25) is 0 Å². The van der Waals surface area contributed by atoms with Gasteiger partial charge >= 0.3 is 5.97 Å². The van der Waals surface area contributed by atoms with Crippen LogP contribution < -0.4 is 0 Å². The van der Waals surface area contributed by atoms with E-state index in [1.165, 1.54) is 6.07 Å². The van der Waals surface area contributed by atoms with Crippen LogP contribution in [0.5, 0.6) is 0 Å². The highest BCUT2D eigenvalue weighted by atomic mass is 19.1. The molecular formula is C13H15F2NO2. The minimum atomic E-state index is -1.09. The van der Waals surface area contributed by atoms with Crippen LogP contribution in [0.4, 0.5) is 8.78 Å². The number of carboxylic acid groups (broad SMARTS) is 1. The first-order chi connectivity index (χ1) is 8.59. The molecular weight excluding hydrogens is 240 g/mol. The Balaban J connectivity index is 2.31. The number of likely N-dealkylation sites (tertiary alicyclic amines) is 1. The standard InChI is InChI=1S/C13H15F2NO2/c14-9-4-5-10(11(15)8-9)12(13(17)18)16-6-2-1-3-7-16/h4-5,8,12H,1-3,6-7H2,(H,17,18)/t12-/m1/s1. The monoisotopic (exact) mass is 255 g/mol. The lowest BCUT2D eigenvalue weighted by molar-refractivity contribution is -0.144. The van der Waals surface area contributed by atoms with E-state index in [0.717, 1.165) is 31.4 Å². The van der Waals surface area contributed by atoms with E-state index in [1.807, 2.05) is 0 Å². The van der Waals surface area contributed by atoms with Gasteiger partial charge in [-0.05, 0) is 32.0 Å². The van der Waals surface area contributed by atoms with E-state index in [1.54, 1.807) is 4.90 Å². The fourth-order valence-electron chi connectivity index (χ4n) is 2.39. The highest BCUT2D eigenvalue weighted by Gasteiger charge is 2.30. The maximum Gasteiger partial charge on any atom is 0.325 e. The first-order valence-electron chi connectivity index (χ1n) is 6.01. The van der Waals surface area contributed by atoms with Crippen LogP contribution >= 0.6 is 0 Å². The van der Waals surface area contributed by atoms with Crippen molar-refractivity contribution in [3.63, 3.8) is 0 Å². The number of carbonyl (C=O) groups is 1. The quantitative estimate of drug-likeness (QED) is 0.902. The molecule has 0 spiro atoms. The fraction of sp³-hybridized carbons (Fsp3) is 0.462. The van der Waals surface area contributed by atoms with Crippen molar-refractivity contribution in [1.29, 1.82) is 0 Å². The second-order valence-electron chi connectivity index (χ2n) is 4.50. The molecule has 0 aliphatic carbocycles. The van der Waals surface area contributed by atoms with Crippen LogP contribution in [0.1, 0.15) is 30.9 Å². The normalized spacial score (nSPS) is 18.6. The highest BCUT2D eigenvalue weighted by molar-refractivity contribution is 5.75. The summed E-state index contributed by atoms with van der Waals surface area (Å²) in [4.78, 5) is 13.1. The van der Waals surface area contributed by atoms with Gasteiger partial charge in [-0.25, -0.2) is 8.78 Å². The minimum absolute atomic E-state index is 0.0331. The van der Waals surface area contributed by atoms with Crippen molar-refractivity contribution >= 4 is 5.97 Å². The summed E-state index contributed by atoms with van der Waals surface area (Å²) in [6, 6.07) is 2.02. The van der Waals surface area contributed by atoms with Crippen LogP contribution in [0.15, 0.2) is 18.2 Å². The molecule has 1 saturated heterocycles. The summed E-state index contributed by atoms with van der Waals surface area (Å²) in [5.41, 5.74) is 0.0331. The zero-order valence-electron chi connectivity index (χ0n) is 9.90. The van der Waals surface area contributed by atoms with Gasteiger partial charge in [0.25, 0.3) is 0 Å². The second kappa shape index (κ2) is 5.44. The van der Waals surface area contributed by atoms with Gasteiger partial charge in [-0.2, -0.15) is 0 Å². The van der Waals surface area contributed by atoms with E-state index in [9.17, 15) is 18.7 Å². The summed E-state index contributed by atoms with van der Waals surface area (Å²) in [6.07, 6.45) is 2.88. The highest BCUT2D eigenvalue weighted by Crippen LogP contribution is 2.27. The Morgan fingerprint density at radius 2 is 1.89 bits per heavy atom. The zero-order chi connectivity index (χ0) is 13.1. The molecule has 2 rings (SSSR count). The Bertz CT molecular complexity index is 445. The number of rotatable bonds is 3. The molecule has 0 saturated carbocycles. The molecule has 3 nitrogen and oxygen atoms in total. The van der Waals surface area contributed by atoms with E-state index in [2.05, 4.69) is 0 Å². The lowest BCUT2D eigenvalue weighted by Crippen LogP contribution is -2.38. The van der Waals surface area contributed by atoms with E-state index < -0.39 is 23.6 Å². The summed E-state index contributed by atoms with van der Waals surface area (Å²) < 4.78 is 26.5. The molecule has 1 heterocycles. The molecule has 1 N–H and O–H groups in total. The summed E-state index contributed by atoms with van der Waals surface area (Å²) >= 11 is 0. The third-order valence-electron chi connectivity index (χ3n) is 3.25. The van der Waals surface area contributed by atoms with Crippen molar-refractivity contribution in [2.75, 3.05) is 13.1 Å². The molecule has 0 bridgehead atoms. The Morgan fingerprint density at radius 1 is 1.22 bits per heavy atom. The molecule has 5 heteroatoms. The molecule has 1 aromatic carbocycles. The van der Waals surface area contributed by atoms with Gasteiger partial charge in [-0.1, -0.05) is 12.5 Å².